The highest BCUT2D eigenvalue weighted by Gasteiger charge is 2.33. The number of hydroxylamine groups is 2. The fourth-order valence-corrected chi connectivity index (χ4v) is 4.20. The standard InChI is InChI=1S/C24H24Cl2F3N3O3/c1-3-32-23(34)21(13-35-32)31-22(33)19-5-4-16(8-14(19)2)20(30-7-6-24(27,28)29)11-15-9-17(25)12-18(26)10-15/h4-5,8-10,12,21H,3,6-7,11,13H2,1-2H3,(H,31,33)/t21-/m1/s1. The lowest BCUT2D eigenvalue weighted by Gasteiger charge is -2.14. The Morgan fingerprint density at radius 1 is 1.20 bits per heavy atom. The number of carbonyl (C=O) groups excluding carboxylic acids is 2. The van der Waals surface area contributed by atoms with Gasteiger partial charge in [0.2, 0.25) is 0 Å². The zero-order valence-electron chi connectivity index (χ0n) is 19.1. The molecule has 1 fully saturated rings. The summed E-state index contributed by atoms with van der Waals surface area (Å²) in [5.41, 5.74) is 2.56. The van der Waals surface area contributed by atoms with Crippen LogP contribution in [-0.4, -0.2) is 54.5 Å². The fraction of sp³-hybridized carbons (Fsp3) is 0.375. The molecule has 188 valence electrons. The van der Waals surface area contributed by atoms with E-state index in [1.165, 1.54) is 5.06 Å². The van der Waals surface area contributed by atoms with E-state index < -0.39 is 31.1 Å². The number of likely N-dealkylation sites (N-methyl/N-ethyl adjacent to an activating group) is 1. The van der Waals surface area contributed by atoms with Gasteiger partial charge in [-0.15, -0.1) is 0 Å². The Labute approximate surface area is 211 Å². The van der Waals surface area contributed by atoms with Crippen molar-refractivity contribution in [2.24, 2.45) is 4.99 Å². The SMILES string of the molecule is CCN1OC[C@@H](NC(=O)c2ccc(C(Cc3cc(Cl)cc(Cl)c3)=NCCC(F)(F)F)cc2C)C1=O. The van der Waals surface area contributed by atoms with Crippen molar-refractivity contribution in [3.63, 3.8) is 0 Å². The van der Waals surface area contributed by atoms with Crippen molar-refractivity contribution in [3.8, 4) is 0 Å². The normalized spacial score (nSPS) is 16.7. The minimum atomic E-state index is -4.33. The number of hydrogen-bond donors (Lipinski definition) is 1. The Morgan fingerprint density at radius 2 is 1.89 bits per heavy atom. The summed E-state index contributed by atoms with van der Waals surface area (Å²) in [6, 6.07) is 8.97. The third kappa shape index (κ3) is 7.43. The Morgan fingerprint density at radius 3 is 2.46 bits per heavy atom. The van der Waals surface area contributed by atoms with E-state index in [9.17, 15) is 22.8 Å². The lowest BCUT2D eigenvalue weighted by Crippen LogP contribution is -2.42. The highest BCUT2D eigenvalue weighted by Crippen LogP contribution is 2.23. The summed E-state index contributed by atoms with van der Waals surface area (Å²) < 4.78 is 38.1. The number of hydrogen-bond acceptors (Lipinski definition) is 4. The maximum atomic E-state index is 12.8. The van der Waals surface area contributed by atoms with E-state index in [-0.39, 0.29) is 18.9 Å². The Bertz CT molecular complexity index is 1120. The second-order valence-corrected chi connectivity index (χ2v) is 8.91. The van der Waals surface area contributed by atoms with Gasteiger partial charge in [0, 0.05) is 40.8 Å². The number of nitrogens with zero attached hydrogens (tertiary/aromatic N) is 2. The molecule has 1 aliphatic heterocycles. The Hall–Kier alpha value is -2.62. The molecule has 2 aromatic carbocycles. The van der Waals surface area contributed by atoms with E-state index in [0.29, 0.717) is 44.6 Å². The average molecular weight is 530 g/mol. The van der Waals surface area contributed by atoms with Crippen molar-refractivity contribution in [3.05, 3.63) is 68.7 Å². The molecule has 0 radical (unpaired) electrons. The molecule has 1 saturated heterocycles. The molecule has 11 heteroatoms. The number of carbonyl (C=O) groups is 2. The first kappa shape index (κ1) is 27.0. The maximum absolute atomic E-state index is 12.8. The molecule has 0 saturated carbocycles. The summed E-state index contributed by atoms with van der Waals surface area (Å²) in [6.07, 6.45) is -5.19. The topological polar surface area (TPSA) is 71.0 Å². The number of aryl methyl sites for hydroxylation is 1. The summed E-state index contributed by atoms with van der Waals surface area (Å²) in [5, 5.41) is 4.65. The van der Waals surface area contributed by atoms with Crippen LogP contribution in [0.2, 0.25) is 10.0 Å². The molecule has 0 spiro atoms. The largest absolute Gasteiger partial charge is 0.390 e. The molecule has 1 N–H and O–H groups in total. The number of halogens is 5. The van der Waals surface area contributed by atoms with Crippen LogP contribution in [-0.2, 0) is 16.1 Å². The molecule has 0 unspecified atom stereocenters. The summed E-state index contributed by atoms with van der Waals surface area (Å²) in [5.74, 6) is -0.777. The number of amides is 2. The number of nitrogens with one attached hydrogen (secondary N) is 1. The van der Waals surface area contributed by atoms with E-state index in [4.69, 9.17) is 28.0 Å². The number of rotatable bonds is 8. The second-order valence-electron chi connectivity index (χ2n) is 8.03. The Balaban J connectivity index is 1.83. The van der Waals surface area contributed by atoms with Gasteiger partial charge in [-0.3, -0.25) is 19.4 Å². The minimum absolute atomic E-state index is 0.0494. The van der Waals surface area contributed by atoms with Crippen LogP contribution in [0, 0.1) is 6.92 Å². The molecule has 0 bridgehead atoms. The Kier molecular flexibility index (Phi) is 8.79. The molecule has 3 rings (SSSR count). The highest BCUT2D eigenvalue weighted by atomic mass is 35.5. The third-order valence-corrected chi connectivity index (χ3v) is 5.77. The van der Waals surface area contributed by atoms with Crippen LogP contribution in [0.15, 0.2) is 41.4 Å². The third-order valence-electron chi connectivity index (χ3n) is 5.33. The van der Waals surface area contributed by atoms with Crippen molar-refractivity contribution in [2.45, 2.75) is 38.9 Å². The van der Waals surface area contributed by atoms with Crippen molar-refractivity contribution < 1.29 is 27.6 Å². The predicted octanol–water partition coefficient (Wildman–Crippen LogP) is 5.18. The molecule has 1 atom stereocenters. The first-order chi connectivity index (χ1) is 16.5. The van der Waals surface area contributed by atoms with Gasteiger partial charge in [-0.25, -0.2) is 5.06 Å². The molecule has 35 heavy (non-hydrogen) atoms. The molecule has 2 amide bonds. The van der Waals surface area contributed by atoms with E-state index in [1.807, 2.05) is 0 Å². The van der Waals surface area contributed by atoms with E-state index >= 15 is 0 Å². The smallest absolute Gasteiger partial charge is 0.338 e. The van der Waals surface area contributed by atoms with Crippen LogP contribution in [0.4, 0.5) is 13.2 Å². The zero-order valence-corrected chi connectivity index (χ0v) is 20.6. The van der Waals surface area contributed by atoms with Crippen LogP contribution in [0.1, 0.15) is 40.4 Å². The minimum Gasteiger partial charge on any atom is -0.338 e. The summed E-state index contributed by atoms with van der Waals surface area (Å²) in [7, 11) is 0. The summed E-state index contributed by atoms with van der Waals surface area (Å²) >= 11 is 12.1. The van der Waals surface area contributed by atoms with Crippen LogP contribution in [0.3, 0.4) is 0 Å². The first-order valence-corrected chi connectivity index (χ1v) is 11.6. The van der Waals surface area contributed by atoms with Crippen molar-refractivity contribution in [2.75, 3.05) is 19.7 Å². The zero-order chi connectivity index (χ0) is 25.8. The average Bonchev–Trinajstić information content (AvgIpc) is 3.10. The molecule has 2 aromatic rings. The van der Waals surface area contributed by atoms with Gasteiger partial charge in [0.1, 0.15) is 12.6 Å². The van der Waals surface area contributed by atoms with Crippen LogP contribution >= 0.6 is 23.2 Å². The number of aliphatic imine (C=N–C) groups is 1. The first-order valence-electron chi connectivity index (χ1n) is 10.9. The second kappa shape index (κ2) is 11.4. The lowest BCUT2D eigenvalue weighted by molar-refractivity contribution is -0.160. The van der Waals surface area contributed by atoms with Gasteiger partial charge in [-0.1, -0.05) is 29.3 Å². The van der Waals surface area contributed by atoms with Gasteiger partial charge in [0.15, 0.2) is 0 Å². The molecule has 1 heterocycles. The van der Waals surface area contributed by atoms with Crippen LogP contribution < -0.4 is 5.32 Å². The maximum Gasteiger partial charge on any atom is 0.390 e. The van der Waals surface area contributed by atoms with Crippen LogP contribution in [0.25, 0.3) is 0 Å². The molecule has 1 aliphatic rings. The van der Waals surface area contributed by atoms with Crippen molar-refractivity contribution >= 4 is 40.7 Å². The monoisotopic (exact) mass is 529 g/mol. The van der Waals surface area contributed by atoms with Gasteiger partial charge in [-0.2, -0.15) is 13.2 Å². The van der Waals surface area contributed by atoms with Crippen molar-refractivity contribution in [1.29, 1.82) is 0 Å². The van der Waals surface area contributed by atoms with E-state index in [2.05, 4.69) is 10.3 Å². The van der Waals surface area contributed by atoms with Crippen molar-refractivity contribution in [1.82, 2.24) is 10.4 Å². The molecular weight excluding hydrogens is 506 g/mol. The molecular formula is C24H24Cl2F3N3O3. The molecule has 0 aliphatic carbocycles. The number of alkyl halides is 3. The summed E-state index contributed by atoms with van der Waals surface area (Å²) in [4.78, 5) is 34.4. The predicted molar refractivity (Wildman–Crippen MR) is 128 cm³/mol. The van der Waals surface area contributed by atoms with E-state index in [1.54, 1.807) is 50.2 Å². The molecule has 0 aromatic heterocycles. The van der Waals surface area contributed by atoms with Gasteiger partial charge in [0.25, 0.3) is 11.8 Å². The van der Waals surface area contributed by atoms with Gasteiger partial charge >= 0.3 is 6.18 Å². The fourth-order valence-electron chi connectivity index (χ4n) is 3.63. The quantitative estimate of drug-likeness (QED) is 0.479. The highest BCUT2D eigenvalue weighted by molar-refractivity contribution is 6.34. The van der Waals surface area contributed by atoms with E-state index in [0.717, 1.165) is 0 Å². The van der Waals surface area contributed by atoms with Gasteiger partial charge in [-0.05, 0) is 60.9 Å². The lowest BCUT2D eigenvalue weighted by atomic mass is 9.97. The van der Waals surface area contributed by atoms with Gasteiger partial charge < -0.3 is 5.32 Å². The summed E-state index contributed by atoms with van der Waals surface area (Å²) in [6.45, 7) is 3.44. The molecule has 6 nitrogen and oxygen atoms in total. The number of benzene rings is 2. The van der Waals surface area contributed by atoms with Gasteiger partial charge in [0.05, 0.1) is 6.42 Å². The van der Waals surface area contributed by atoms with Crippen LogP contribution in [0.5, 0.6) is 0 Å².